The summed E-state index contributed by atoms with van der Waals surface area (Å²) in [5.41, 5.74) is 4.81. The fourth-order valence-electron chi connectivity index (χ4n) is 3.34. The van der Waals surface area contributed by atoms with Crippen molar-refractivity contribution in [1.82, 2.24) is 19.9 Å². The molecule has 0 radical (unpaired) electrons. The van der Waals surface area contributed by atoms with Gasteiger partial charge in [-0.15, -0.1) is 0 Å². The van der Waals surface area contributed by atoms with E-state index in [1.807, 2.05) is 24.6 Å². The molecule has 1 aliphatic heterocycles. The molecule has 0 amide bonds. The van der Waals surface area contributed by atoms with Crippen LogP contribution < -0.4 is 5.56 Å². The summed E-state index contributed by atoms with van der Waals surface area (Å²) in [4.78, 5) is 26.6. The molecule has 1 N–H and O–H groups in total. The maximum atomic E-state index is 12.3. The van der Waals surface area contributed by atoms with Crippen molar-refractivity contribution in [3.63, 3.8) is 0 Å². The zero-order valence-corrected chi connectivity index (χ0v) is 19.2. The van der Waals surface area contributed by atoms with Crippen LogP contribution in [0.1, 0.15) is 16.8 Å². The molecule has 1 aromatic carbocycles. The highest BCUT2D eigenvalue weighted by atomic mass is 79.9. The number of aromatic amines is 1. The number of hydrogen-bond donors (Lipinski definition) is 1. The van der Waals surface area contributed by atoms with E-state index in [0.29, 0.717) is 11.7 Å². The molecular weight excluding hydrogens is 504 g/mol. The highest BCUT2D eigenvalue weighted by Gasteiger charge is 2.21. The Morgan fingerprint density at radius 2 is 2.00 bits per heavy atom. The summed E-state index contributed by atoms with van der Waals surface area (Å²) in [6, 6.07) is 10.3. The van der Waals surface area contributed by atoms with Crippen molar-refractivity contribution in [2.24, 2.45) is 0 Å². The Kier molecular flexibility index (Phi) is 6.01. The minimum absolute atomic E-state index is 0.0206. The molecule has 8 heteroatoms. The summed E-state index contributed by atoms with van der Waals surface area (Å²) in [5, 5.41) is 0.691. The molecule has 0 bridgehead atoms. The number of nitrogens with zero attached hydrogens (tertiary/aromatic N) is 3. The van der Waals surface area contributed by atoms with Crippen LogP contribution in [0.25, 0.3) is 11.3 Å². The molecule has 0 aliphatic carbocycles. The van der Waals surface area contributed by atoms with Gasteiger partial charge in [0.25, 0.3) is 5.56 Å². The largest absolute Gasteiger partial charge is 0.301 e. The van der Waals surface area contributed by atoms with Gasteiger partial charge in [0.15, 0.2) is 5.16 Å². The van der Waals surface area contributed by atoms with Gasteiger partial charge in [0.1, 0.15) is 0 Å². The van der Waals surface area contributed by atoms with Crippen molar-refractivity contribution < 1.29 is 0 Å². The molecule has 1 aliphatic rings. The van der Waals surface area contributed by atoms with Crippen molar-refractivity contribution in [3.05, 3.63) is 72.6 Å². The van der Waals surface area contributed by atoms with E-state index in [0.717, 1.165) is 56.5 Å². The third kappa shape index (κ3) is 4.40. The number of aromatic nitrogens is 3. The summed E-state index contributed by atoms with van der Waals surface area (Å²) >= 11 is 8.51. The molecule has 0 spiro atoms. The molecule has 0 fully saturated rings. The van der Waals surface area contributed by atoms with Gasteiger partial charge in [0, 0.05) is 46.8 Å². The van der Waals surface area contributed by atoms with E-state index >= 15 is 0 Å². The van der Waals surface area contributed by atoms with Gasteiger partial charge in [-0.3, -0.25) is 14.7 Å². The normalized spacial score (nSPS) is 14.1. The molecule has 5 nitrogen and oxygen atoms in total. The van der Waals surface area contributed by atoms with Crippen molar-refractivity contribution in [3.8, 4) is 11.3 Å². The van der Waals surface area contributed by atoms with Crippen molar-refractivity contribution in [2.75, 3.05) is 12.8 Å². The lowest BCUT2D eigenvalue weighted by molar-refractivity contribution is 0.240. The van der Waals surface area contributed by atoms with Gasteiger partial charge in [-0.05, 0) is 36.1 Å². The Bertz CT molecular complexity index is 1050. The molecule has 144 valence electrons. The van der Waals surface area contributed by atoms with Crippen LogP contribution in [0.15, 0.2) is 55.4 Å². The number of nitrogens with one attached hydrogen (secondary N) is 1. The number of fused-ring (bicyclic) bond motifs is 1. The summed E-state index contributed by atoms with van der Waals surface area (Å²) in [5.74, 6) is 0. The van der Waals surface area contributed by atoms with Crippen LogP contribution >= 0.6 is 43.6 Å². The van der Waals surface area contributed by atoms with Crippen LogP contribution in [0.5, 0.6) is 0 Å². The molecule has 0 atom stereocenters. The van der Waals surface area contributed by atoms with E-state index in [9.17, 15) is 4.79 Å². The average Bonchev–Trinajstić information content (AvgIpc) is 2.68. The second-order valence-corrected chi connectivity index (χ2v) is 9.30. The number of hydrogen-bond acceptors (Lipinski definition) is 5. The quantitative estimate of drug-likeness (QED) is 0.400. The van der Waals surface area contributed by atoms with Gasteiger partial charge in [-0.25, -0.2) is 4.98 Å². The Morgan fingerprint density at radius 3 is 2.68 bits per heavy atom. The van der Waals surface area contributed by atoms with Crippen LogP contribution in [0.4, 0.5) is 0 Å². The second kappa shape index (κ2) is 8.49. The lowest BCUT2D eigenvalue weighted by Gasteiger charge is -2.27. The molecular formula is C20H18Br2N4OS. The van der Waals surface area contributed by atoms with E-state index in [1.165, 1.54) is 11.8 Å². The van der Waals surface area contributed by atoms with Gasteiger partial charge in [0.05, 0.1) is 17.0 Å². The minimum Gasteiger partial charge on any atom is -0.301 e. The topological polar surface area (TPSA) is 61.9 Å². The highest BCUT2D eigenvalue weighted by Crippen LogP contribution is 2.27. The molecule has 0 saturated carbocycles. The van der Waals surface area contributed by atoms with Gasteiger partial charge >= 0.3 is 0 Å². The average molecular weight is 522 g/mol. The van der Waals surface area contributed by atoms with E-state index in [2.05, 4.69) is 69.9 Å². The number of benzene rings is 1. The van der Waals surface area contributed by atoms with Gasteiger partial charge in [-0.2, -0.15) is 0 Å². The number of rotatable bonds is 4. The van der Waals surface area contributed by atoms with Gasteiger partial charge in [0.2, 0.25) is 0 Å². The first kappa shape index (κ1) is 19.8. The van der Waals surface area contributed by atoms with Crippen LogP contribution in [-0.4, -0.2) is 32.7 Å². The number of H-pyrrole nitrogens is 1. The van der Waals surface area contributed by atoms with E-state index in [-0.39, 0.29) is 5.56 Å². The van der Waals surface area contributed by atoms with E-state index in [1.54, 1.807) is 0 Å². The first-order valence-corrected chi connectivity index (χ1v) is 11.6. The number of thioether (sulfide) groups is 1. The molecule has 2 aromatic heterocycles. The van der Waals surface area contributed by atoms with E-state index in [4.69, 9.17) is 0 Å². The van der Waals surface area contributed by atoms with Crippen LogP contribution in [-0.2, 0) is 19.5 Å². The maximum absolute atomic E-state index is 12.3. The lowest BCUT2D eigenvalue weighted by atomic mass is 10.1. The maximum Gasteiger partial charge on any atom is 0.256 e. The molecule has 0 saturated heterocycles. The van der Waals surface area contributed by atoms with Crippen molar-refractivity contribution in [1.29, 1.82) is 0 Å². The van der Waals surface area contributed by atoms with Crippen LogP contribution in [0.3, 0.4) is 0 Å². The smallest absolute Gasteiger partial charge is 0.256 e. The zero-order valence-electron chi connectivity index (χ0n) is 15.2. The molecule has 28 heavy (non-hydrogen) atoms. The molecule has 3 heterocycles. The molecule has 0 unspecified atom stereocenters. The monoisotopic (exact) mass is 520 g/mol. The fraction of sp³-hybridized carbons (Fsp3) is 0.250. The fourth-order valence-corrected chi connectivity index (χ4v) is 5.03. The summed E-state index contributed by atoms with van der Waals surface area (Å²) < 4.78 is 2.02. The number of pyridine rings is 1. The second-order valence-electron chi connectivity index (χ2n) is 6.67. The van der Waals surface area contributed by atoms with Crippen molar-refractivity contribution >= 4 is 43.6 Å². The summed E-state index contributed by atoms with van der Waals surface area (Å²) in [6.45, 7) is 2.27. The lowest BCUT2D eigenvalue weighted by Crippen LogP contribution is -2.35. The predicted octanol–water partition coefficient (Wildman–Crippen LogP) is 4.64. The van der Waals surface area contributed by atoms with Crippen molar-refractivity contribution in [2.45, 2.75) is 24.7 Å². The molecule has 4 rings (SSSR count). The van der Waals surface area contributed by atoms with Gasteiger partial charge < -0.3 is 4.98 Å². The Balaban J connectivity index is 1.49. The first-order chi connectivity index (χ1) is 13.5. The Labute approximate surface area is 184 Å². The zero-order chi connectivity index (χ0) is 19.7. The third-order valence-corrected chi connectivity index (χ3v) is 6.20. The van der Waals surface area contributed by atoms with Crippen LogP contribution in [0.2, 0.25) is 0 Å². The number of halogens is 2. The standard InChI is InChI=1S/C20H18Br2N4OS/c1-28-20-24-18-4-5-26(11-16(18)19(27)25-20)10-12-2-3-17(23-9-12)13-6-14(21)8-15(22)7-13/h2-3,6-9H,4-5,10-11H2,1H3,(H,24,25,27). The predicted molar refractivity (Wildman–Crippen MR) is 120 cm³/mol. The molecule has 3 aromatic rings. The van der Waals surface area contributed by atoms with Gasteiger partial charge in [-0.1, -0.05) is 49.7 Å². The summed E-state index contributed by atoms with van der Waals surface area (Å²) in [7, 11) is 0. The highest BCUT2D eigenvalue weighted by molar-refractivity contribution is 9.11. The Hall–Kier alpha value is -1.48. The van der Waals surface area contributed by atoms with E-state index < -0.39 is 0 Å². The Morgan fingerprint density at radius 1 is 1.21 bits per heavy atom. The summed E-state index contributed by atoms with van der Waals surface area (Å²) in [6.07, 6.45) is 4.63. The minimum atomic E-state index is -0.0206. The SMILES string of the molecule is CSc1nc2c(c(=O)[nH]1)CN(Cc1ccc(-c3cc(Br)cc(Br)c3)nc1)CC2. The first-order valence-electron chi connectivity index (χ1n) is 8.81. The third-order valence-electron chi connectivity index (χ3n) is 4.71. The van der Waals surface area contributed by atoms with Crippen LogP contribution in [0, 0.1) is 0 Å².